The number of amidine groups is 1. The van der Waals surface area contributed by atoms with E-state index in [-0.39, 0.29) is 6.02 Å². The first-order chi connectivity index (χ1) is 5.36. The van der Waals surface area contributed by atoms with Gasteiger partial charge in [-0.15, -0.1) is 0 Å². The van der Waals surface area contributed by atoms with E-state index in [0.29, 0.717) is 6.54 Å². The lowest BCUT2D eigenvalue weighted by Crippen LogP contribution is -2.29. The van der Waals surface area contributed by atoms with Crippen molar-refractivity contribution in [2.45, 2.75) is 6.54 Å². The Hall–Kier alpha value is -1.51. The fraction of sp³-hybridized carbons (Fsp3) is 0.125. The van der Waals surface area contributed by atoms with Crippen LogP contribution in [0.4, 0.5) is 5.69 Å². The van der Waals surface area contributed by atoms with Crippen LogP contribution < -0.4 is 10.4 Å². The Morgan fingerprint density at radius 1 is 1.36 bits per heavy atom. The van der Waals surface area contributed by atoms with Gasteiger partial charge in [-0.25, -0.2) is 0 Å². The Labute approximate surface area is 64.4 Å². The van der Waals surface area contributed by atoms with Crippen molar-refractivity contribution in [1.29, 1.82) is 0 Å². The molecule has 0 amide bonds. The predicted molar refractivity (Wildman–Crippen MR) is 41.2 cm³/mol. The highest BCUT2D eigenvalue weighted by atomic mass is 16.3. The van der Waals surface area contributed by atoms with Crippen molar-refractivity contribution in [1.82, 2.24) is 0 Å². The number of nitrogens with zero attached hydrogens (tertiary/aromatic N) is 1. The zero-order valence-corrected chi connectivity index (χ0v) is 5.87. The Morgan fingerprint density at radius 2 is 2.18 bits per heavy atom. The van der Waals surface area contributed by atoms with Crippen molar-refractivity contribution < 1.29 is 5.11 Å². The van der Waals surface area contributed by atoms with Crippen LogP contribution in [0.15, 0.2) is 29.3 Å². The smallest absolute Gasteiger partial charge is 0.0670 e. The fourth-order valence-corrected chi connectivity index (χ4v) is 1.09. The van der Waals surface area contributed by atoms with Gasteiger partial charge in [-0.3, -0.25) is 4.99 Å². The molecule has 0 radical (unpaired) electrons. The summed E-state index contributed by atoms with van der Waals surface area (Å²) < 4.78 is 0. The maximum absolute atomic E-state index is 10.7. The molecule has 1 N–H and O–H groups in total. The summed E-state index contributed by atoms with van der Waals surface area (Å²) in [7, 11) is 0. The van der Waals surface area contributed by atoms with Gasteiger partial charge in [0.15, 0.2) is 0 Å². The van der Waals surface area contributed by atoms with Crippen LogP contribution >= 0.6 is 0 Å². The molecule has 0 saturated heterocycles. The normalized spacial score (nSPS) is 14.7. The van der Waals surface area contributed by atoms with E-state index in [0.717, 1.165) is 11.3 Å². The summed E-state index contributed by atoms with van der Waals surface area (Å²) in [6, 6.07) is 7.42. The second-order valence-corrected chi connectivity index (χ2v) is 2.40. The van der Waals surface area contributed by atoms with Crippen molar-refractivity contribution in [3.8, 4) is 0 Å². The Morgan fingerprint density at radius 3 is 3.09 bits per heavy atom. The Balaban J connectivity index is 2.42. The van der Waals surface area contributed by atoms with Crippen LogP contribution in [0.1, 0.15) is 5.56 Å². The molecule has 1 aliphatic rings. The molecule has 0 spiro atoms. The van der Waals surface area contributed by atoms with Crippen molar-refractivity contribution >= 4 is 11.7 Å². The summed E-state index contributed by atoms with van der Waals surface area (Å²) in [6.07, 6.45) is 0. The topological polar surface area (TPSA) is 47.5 Å². The molecule has 1 aliphatic heterocycles. The molecule has 3 heteroatoms. The fourth-order valence-electron chi connectivity index (χ4n) is 1.09. The van der Waals surface area contributed by atoms with Crippen LogP contribution in [0.25, 0.3) is 0 Å². The Bertz CT molecular complexity index is 307. The van der Waals surface area contributed by atoms with Crippen LogP contribution in [-0.2, 0) is 6.54 Å². The summed E-state index contributed by atoms with van der Waals surface area (Å²) in [4.78, 5) is 3.72. The second kappa shape index (κ2) is 2.27. The van der Waals surface area contributed by atoms with Gasteiger partial charge in [0.05, 0.1) is 12.6 Å². The molecule has 56 valence electrons. The number of rotatable bonds is 0. The summed E-state index contributed by atoms with van der Waals surface area (Å²) in [6.45, 7) is 0.502. The molecule has 0 unspecified atom stereocenters. The highest BCUT2D eigenvalue weighted by Crippen LogP contribution is 2.18. The predicted octanol–water partition coefficient (Wildman–Crippen LogP) is 0.328. The summed E-state index contributed by atoms with van der Waals surface area (Å²) in [5, 5.41) is 13.4. The minimum Gasteiger partial charge on any atom is -0.846 e. The van der Waals surface area contributed by atoms with Gasteiger partial charge in [-0.1, -0.05) is 18.2 Å². The second-order valence-electron chi connectivity index (χ2n) is 2.40. The first kappa shape index (κ1) is 6.22. The van der Waals surface area contributed by atoms with Crippen molar-refractivity contribution in [2.75, 3.05) is 5.32 Å². The largest absolute Gasteiger partial charge is 0.846 e. The van der Waals surface area contributed by atoms with Gasteiger partial charge in [0.1, 0.15) is 0 Å². The van der Waals surface area contributed by atoms with Gasteiger partial charge in [-0.2, -0.15) is 0 Å². The molecule has 1 aromatic carbocycles. The maximum atomic E-state index is 10.7. The number of benzene rings is 1. The first-order valence-corrected chi connectivity index (χ1v) is 3.42. The van der Waals surface area contributed by atoms with E-state index in [2.05, 4.69) is 10.3 Å². The highest BCUT2D eigenvalue weighted by molar-refractivity contribution is 5.88. The van der Waals surface area contributed by atoms with Gasteiger partial charge in [-0.05, 0) is 11.6 Å². The van der Waals surface area contributed by atoms with Crippen molar-refractivity contribution in [3.05, 3.63) is 29.8 Å². The van der Waals surface area contributed by atoms with E-state index in [1.54, 1.807) is 0 Å². The van der Waals surface area contributed by atoms with E-state index < -0.39 is 0 Å². The molecular formula is C8H7N2O-. The van der Waals surface area contributed by atoms with Crippen molar-refractivity contribution in [3.63, 3.8) is 0 Å². The van der Waals surface area contributed by atoms with Crippen LogP contribution in [0, 0.1) is 0 Å². The van der Waals surface area contributed by atoms with E-state index in [4.69, 9.17) is 0 Å². The third-order valence-electron chi connectivity index (χ3n) is 1.65. The number of hydrogen-bond donors (Lipinski definition) is 1. The SMILES string of the molecule is [O-]C1=NCc2ccccc2N1. The number of hydrogen-bond acceptors (Lipinski definition) is 3. The quantitative estimate of drug-likeness (QED) is 0.574. The van der Waals surface area contributed by atoms with E-state index >= 15 is 0 Å². The molecule has 2 rings (SSSR count). The molecule has 0 aliphatic carbocycles. The number of anilines is 1. The van der Waals surface area contributed by atoms with Gasteiger partial charge in [0, 0.05) is 5.69 Å². The number of para-hydroxylation sites is 1. The molecule has 1 aromatic rings. The summed E-state index contributed by atoms with van der Waals surface area (Å²) in [5.41, 5.74) is 1.96. The van der Waals surface area contributed by atoms with Crippen LogP contribution in [0.5, 0.6) is 0 Å². The standard InChI is InChI=1S/C8H8N2O/c11-8-9-5-6-3-1-2-4-7(6)10-8/h1-4H,5H2,(H2,9,10,11)/p-1. The molecule has 0 bridgehead atoms. The van der Waals surface area contributed by atoms with Crippen molar-refractivity contribution in [2.24, 2.45) is 4.99 Å². The number of fused-ring (bicyclic) bond motifs is 1. The molecule has 11 heavy (non-hydrogen) atoms. The lowest BCUT2D eigenvalue weighted by atomic mass is 10.1. The molecule has 0 saturated carbocycles. The van der Waals surface area contributed by atoms with E-state index in [1.165, 1.54) is 0 Å². The lowest BCUT2D eigenvalue weighted by molar-refractivity contribution is -0.215. The monoisotopic (exact) mass is 147 g/mol. The first-order valence-electron chi connectivity index (χ1n) is 3.42. The van der Waals surface area contributed by atoms with Gasteiger partial charge in [0.25, 0.3) is 0 Å². The lowest BCUT2D eigenvalue weighted by Gasteiger charge is -2.20. The third kappa shape index (κ3) is 1.05. The van der Waals surface area contributed by atoms with Gasteiger partial charge in [0.2, 0.25) is 0 Å². The molecule has 0 atom stereocenters. The maximum Gasteiger partial charge on any atom is 0.0670 e. The number of nitrogens with one attached hydrogen (secondary N) is 1. The molecular weight excluding hydrogens is 140 g/mol. The van der Waals surface area contributed by atoms with E-state index in [9.17, 15) is 5.11 Å². The summed E-state index contributed by atoms with van der Waals surface area (Å²) >= 11 is 0. The highest BCUT2D eigenvalue weighted by Gasteiger charge is 2.03. The van der Waals surface area contributed by atoms with Crippen LogP contribution in [0.2, 0.25) is 0 Å². The zero-order chi connectivity index (χ0) is 7.68. The van der Waals surface area contributed by atoms with Gasteiger partial charge >= 0.3 is 0 Å². The third-order valence-corrected chi connectivity index (χ3v) is 1.65. The molecule has 1 heterocycles. The molecule has 0 aromatic heterocycles. The minimum atomic E-state index is -0.247. The van der Waals surface area contributed by atoms with Crippen LogP contribution in [0.3, 0.4) is 0 Å². The minimum absolute atomic E-state index is 0.247. The number of aliphatic imine (C=N–C) groups is 1. The van der Waals surface area contributed by atoms with Gasteiger partial charge < -0.3 is 10.4 Å². The average molecular weight is 147 g/mol. The molecule has 3 nitrogen and oxygen atoms in total. The summed E-state index contributed by atoms with van der Waals surface area (Å²) in [5.74, 6) is 0. The van der Waals surface area contributed by atoms with Crippen LogP contribution in [-0.4, -0.2) is 6.02 Å². The van der Waals surface area contributed by atoms with E-state index in [1.807, 2.05) is 24.3 Å². The molecule has 0 fully saturated rings. The zero-order valence-electron chi connectivity index (χ0n) is 5.87. The Kier molecular flexibility index (Phi) is 1.28. The average Bonchev–Trinajstić information content (AvgIpc) is 2.04.